The van der Waals surface area contributed by atoms with Gasteiger partial charge in [-0.25, -0.2) is 0 Å². The number of hydrogen-bond donors (Lipinski definition) is 0. The van der Waals surface area contributed by atoms with Gasteiger partial charge in [0.2, 0.25) is 0 Å². The Bertz CT molecular complexity index is 5460. The molecule has 0 unspecified atom stereocenters. The predicted molar refractivity (Wildman–Crippen MR) is 353 cm³/mol. The molecule has 0 atom stereocenters. The maximum Gasteiger partial charge on any atom is 0.137 e. The Hall–Kier alpha value is -11.5. The zero-order valence-electron chi connectivity index (χ0n) is 47.1. The van der Waals surface area contributed by atoms with Gasteiger partial charge in [-0.15, -0.1) is 0 Å². The van der Waals surface area contributed by atoms with Crippen molar-refractivity contribution in [2.45, 2.75) is 19.3 Å². The Labute approximate surface area is 496 Å². The van der Waals surface area contributed by atoms with Crippen molar-refractivity contribution in [1.29, 1.82) is 0 Å². The summed E-state index contributed by atoms with van der Waals surface area (Å²) >= 11 is 0. The van der Waals surface area contributed by atoms with Gasteiger partial charge < -0.3 is 36.3 Å². The molecule has 1 aliphatic carbocycles. The van der Waals surface area contributed by atoms with Crippen molar-refractivity contribution < 1.29 is 26.5 Å². The summed E-state index contributed by atoms with van der Waals surface area (Å²) in [5.74, 6) is 1.66. The van der Waals surface area contributed by atoms with Crippen molar-refractivity contribution >= 4 is 144 Å². The molecule has 18 aromatic rings. The summed E-state index contributed by atoms with van der Waals surface area (Å²) in [6.45, 7) is 4.68. The second-order valence-electron chi connectivity index (χ2n) is 23.6. The fraction of sp³-hybridized carbons (Fsp3) is 0.0380. The van der Waals surface area contributed by atoms with Crippen LogP contribution in [-0.4, -0.2) is 0 Å². The maximum atomic E-state index is 6.98. The molecule has 0 saturated heterocycles. The first-order valence-corrected chi connectivity index (χ1v) is 29.4. The average molecular weight is 1120 g/mol. The van der Waals surface area contributed by atoms with Crippen LogP contribution >= 0.6 is 0 Å². The van der Waals surface area contributed by atoms with E-state index >= 15 is 0 Å². The first kappa shape index (κ1) is 48.0. The lowest BCUT2D eigenvalue weighted by Gasteiger charge is -2.25. The number of anilines is 6. The molecule has 87 heavy (non-hydrogen) atoms. The van der Waals surface area contributed by atoms with E-state index in [9.17, 15) is 0 Å². The van der Waals surface area contributed by atoms with Gasteiger partial charge in [0.15, 0.2) is 0 Å². The van der Waals surface area contributed by atoms with Crippen molar-refractivity contribution in [3.63, 3.8) is 0 Å². The lowest BCUT2D eigenvalue weighted by molar-refractivity contribution is 0.631. The van der Waals surface area contributed by atoms with Crippen LogP contribution in [0.5, 0.6) is 0 Å². The minimum absolute atomic E-state index is 0.317. The van der Waals surface area contributed by atoms with Crippen molar-refractivity contribution in [3.05, 3.63) is 266 Å². The van der Waals surface area contributed by atoms with Gasteiger partial charge in [0, 0.05) is 117 Å². The van der Waals surface area contributed by atoms with Crippen LogP contribution in [0.3, 0.4) is 0 Å². The Kier molecular flexibility index (Phi) is 9.80. The molecular weight excluding hydrogens is 1070 g/mol. The molecular formula is C79H48N2O6. The normalized spacial score (nSPS) is 13.0. The summed E-state index contributed by atoms with van der Waals surface area (Å²) in [5, 5.41) is 10.7. The molecule has 0 radical (unpaired) electrons. The van der Waals surface area contributed by atoms with E-state index in [4.69, 9.17) is 26.5 Å². The van der Waals surface area contributed by atoms with Crippen LogP contribution in [0.25, 0.3) is 143 Å². The summed E-state index contributed by atoms with van der Waals surface area (Å²) in [5.41, 5.74) is 20.8. The van der Waals surface area contributed by atoms with E-state index in [2.05, 4.69) is 218 Å². The molecule has 0 N–H and O–H groups in total. The molecule has 8 nitrogen and oxygen atoms in total. The summed E-state index contributed by atoms with van der Waals surface area (Å²) in [4.78, 5) is 4.58. The highest BCUT2D eigenvalue weighted by molar-refractivity contribution is 6.13. The van der Waals surface area contributed by atoms with Gasteiger partial charge in [0.25, 0.3) is 0 Å². The summed E-state index contributed by atoms with van der Waals surface area (Å²) in [7, 11) is 0. The molecule has 0 fully saturated rings. The Morgan fingerprint density at radius 3 is 1.02 bits per heavy atom. The second kappa shape index (κ2) is 17.8. The predicted octanol–water partition coefficient (Wildman–Crippen LogP) is 23.4. The fourth-order valence-corrected chi connectivity index (χ4v) is 13.9. The topological polar surface area (TPSA) is 85.3 Å². The summed E-state index contributed by atoms with van der Waals surface area (Å²) in [6.07, 6.45) is 0. The third-order valence-electron chi connectivity index (χ3n) is 18.3. The van der Waals surface area contributed by atoms with Crippen LogP contribution in [0.15, 0.2) is 281 Å². The molecule has 1 aliphatic rings. The number of para-hydroxylation sites is 4. The molecule has 0 spiro atoms. The first-order chi connectivity index (χ1) is 42.8. The van der Waals surface area contributed by atoms with Crippen molar-refractivity contribution in [3.8, 4) is 33.8 Å². The number of benzene rings is 12. The highest BCUT2D eigenvalue weighted by atomic mass is 16.4. The van der Waals surface area contributed by atoms with Gasteiger partial charge in [0.1, 0.15) is 67.4 Å². The van der Waals surface area contributed by atoms with Crippen LogP contribution in [0.1, 0.15) is 25.0 Å². The number of rotatable bonds is 8. The van der Waals surface area contributed by atoms with Crippen molar-refractivity contribution in [2.75, 3.05) is 9.80 Å². The third kappa shape index (κ3) is 7.25. The standard InChI is InChI=1S/C79H48N2O6/c1-79(2)65-41-63-57-31-27-53(80(51-29-33-71-61(37-51)55-13-5-9-17-69(55)84-71)49-23-19-45(20-24-49)73-35-47-11-3-7-15-67(47)82-73)39-75(57)86-77(63)43-59(65)60-44-78-64(42-66(60)79)58-32-28-54(40-76(58)87-78)81(52-30-34-72-62(38-52)56-14-6-10-18-70(56)85-72)50-25-21-46(22-26-50)74-36-48-12-4-8-16-68(48)83-74/h3-44H,1-2H3. The number of nitrogens with zero attached hydrogens (tertiary/aromatic N) is 2. The third-order valence-corrected chi connectivity index (χ3v) is 18.3. The highest BCUT2D eigenvalue weighted by Gasteiger charge is 2.37. The van der Waals surface area contributed by atoms with Gasteiger partial charge in [0.05, 0.1) is 0 Å². The highest BCUT2D eigenvalue weighted by Crippen LogP contribution is 2.54. The van der Waals surface area contributed by atoms with Gasteiger partial charge in [-0.2, -0.15) is 0 Å². The zero-order chi connectivity index (χ0) is 57.2. The lowest BCUT2D eigenvalue weighted by Crippen LogP contribution is -2.14. The smallest absolute Gasteiger partial charge is 0.137 e. The molecule has 19 rings (SSSR count). The Balaban J connectivity index is 0.703. The van der Waals surface area contributed by atoms with E-state index in [1.807, 2.05) is 60.7 Å². The van der Waals surface area contributed by atoms with Crippen LogP contribution in [-0.2, 0) is 5.41 Å². The fourth-order valence-electron chi connectivity index (χ4n) is 13.9. The van der Waals surface area contributed by atoms with E-state index in [1.165, 1.54) is 11.1 Å². The molecule has 8 heteroatoms. The van der Waals surface area contributed by atoms with Gasteiger partial charge in [-0.05, 0) is 192 Å². The minimum Gasteiger partial charge on any atom is -0.456 e. The quantitative estimate of drug-likeness (QED) is 0.149. The SMILES string of the molecule is CC1(C)c2cc3c(cc2-c2cc4oc5cc(N(c6ccc(-c7cc8ccccc8o7)cc6)c6ccc7oc8ccccc8c7c6)ccc5c4cc21)oc1cc(N(c2ccc(-c4cc5ccccc5o4)cc2)c2ccc4oc5ccccc5c4c2)ccc13. The summed E-state index contributed by atoms with van der Waals surface area (Å²) < 4.78 is 39.2. The first-order valence-electron chi connectivity index (χ1n) is 29.4. The lowest BCUT2D eigenvalue weighted by atomic mass is 9.81. The van der Waals surface area contributed by atoms with Gasteiger partial charge in [-0.3, -0.25) is 0 Å². The number of fused-ring (bicyclic) bond motifs is 17. The summed E-state index contributed by atoms with van der Waals surface area (Å²) in [6, 6.07) is 89.3. The number of hydrogen-bond acceptors (Lipinski definition) is 8. The van der Waals surface area contributed by atoms with E-state index in [0.717, 1.165) is 178 Å². The molecule has 0 bridgehead atoms. The van der Waals surface area contributed by atoms with Crippen LogP contribution in [0, 0.1) is 0 Å². The molecule has 12 aromatic carbocycles. The molecule has 6 heterocycles. The zero-order valence-corrected chi connectivity index (χ0v) is 47.1. The average Bonchev–Trinajstić information content (AvgIpc) is 1.65. The van der Waals surface area contributed by atoms with Gasteiger partial charge >= 0.3 is 0 Å². The monoisotopic (exact) mass is 1120 g/mol. The van der Waals surface area contributed by atoms with Crippen LogP contribution in [0.2, 0.25) is 0 Å². The van der Waals surface area contributed by atoms with Crippen molar-refractivity contribution in [1.82, 2.24) is 0 Å². The molecule has 0 aliphatic heterocycles. The Morgan fingerprint density at radius 1 is 0.241 bits per heavy atom. The second-order valence-corrected chi connectivity index (χ2v) is 23.6. The largest absolute Gasteiger partial charge is 0.456 e. The van der Waals surface area contributed by atoms with Crippen molar-refractivity contribution in [2.24, 2.45) is 0 Å². The Morgan fingerprint density at radius 2 is 0.575 bits per heavy atom. The molecule has 0 amide bonds. The number of furan rings is 6. The minimum atomic E-state index is -0.317. The van der Waals surface area contributed by atoms with E-state index in [1.54, 1.807) is 0 Å². The van der Waals surface area contributed by atoms with E-state index in [0.29, 0.717) is 0 Å². The molecule has 410 valence electrons. The van der Waals surface area contributed by atoms with Gasteiger partial charge in [-0.1, -0.05) is 86.6 Å². The van der Waals surface area contributed by atoms with Crippen LogP contribution < -0.4 is 9.80 Å². The van der Waals surface area contributed by atoms with E-state index < -0.39 is 0 Å². The van der Waals surface area contributed by atoms with E-state index in [-0.39, 0.29) is 5.41 Å². The molecule has 6 aromatic heterocycles. The van der Waals surface area contributed by atoms with Crippen LogP contribution in [0.4, 0.5) is 34.1 Å². The maximum absolute atomic E-state index is 6.98. The molecule has 0 saturated carbocycles.